The molecule has 1 fully saturated rings. The highest BCUT2D eigenvalue weighted by Crippen LogP contribution is 2.03. The maximum Gasteiger partial charge on any atom is 0.0700 e. The summed E-state index contributed by atoms with van der Waals surface area (Å²) >= 11 is 0. The highest BCUT2D eigenvalue weighted by molar-refractivity contribution is 4.72. The van der Waals surface area contributed by atoms with Gasteiger partial charge in [0.15, 0.2) is 0 Å². The number of aliphatic hydroxyl groups excluding tert-OH is 2. The third-order valence-electron chi connectivity index (χ3n) is 4.10. The molecule has 0 aliphatic carbocycles. The van der Waals surface area contributed by atoms with Crippen LogP contribution in [0.1, 0.15) is 26.2 Å². The molecule has 1 heterocycles. The zero-order valence-electron chi connectivity index (χ0n) is 14.2. The Kier molecular flexibility index (Phi) is 11.0. The zero-order valence-corrected chi connectivity index (χ0v) is 14.2. The Balaban J connectivity index is 1.87. The summed E-state index contributed by atoms with van der Waals surface area (Å²) in [5.41, 5.74) is 0. The second-order valence-electron chi connectivity index (χ2n) is 6.12. The van der Waals surface area contributed by atoms with Crippen LogP contribution in [-0.2, 0) is 9.47 Å². The summed E-state index contributed by atoms with van der Waals surface area (Å²) < 4.78 is 10.9. The Labute approximate surface area is 135 Å². The molecule has 0 radical (unpaired) electrons. The van der Waals surface area contributed by atoms with Crippen LogP contribution in [0.25, 0.3) is 0 Å². The van der Waals surface area contributed by atoms with E-state index >= 15 is 0 Å². The first kappa shape index (κ1) is 19.8. The van der Waals surface area contributed by atoms with Crippen molar-refractivity contribution >= 4 is 0 Å². The van der Waals surface area contributed by atoms with Crippen LogP contribution in [0.15, 0.2) is 0 Å². The van der Waals surface area contributed by atoms with Gasteiger partial charge in [0.05, 0.1) is 25.4 Å². The van der Waals surface area contributed by atoms with Gasteiger partial charge in [-0.1, -0.05) is 6.92 Å². The van der Waals surface area contributed by atoms with E-state index in [1.165, 1.54) is 0 Å². The SMILES string of the molecule is CCC(O)CCOCCOCCC(O)CN1CCN(C)CC1. The van der Waals surface area contributed by atoms with E-state index in [1.54, 1.807) is 0 Å². The van der Waals surface area contributed by atoms with Crippen LogP contribution in [0.3, 0.4) is 0 Å². The van der Waals surface area contributed by atoms with Gasteiger partial charge in [-0.15, -0.1) is 0 Å². The molecule has 1 aliphatic rings. The van der Waals surface area contributed by atoms with E-state index in [2.05, 4.69) is 16.8 Å². The van der Waals surface area contributed by atoms with E-state index in [1.807, 2.05) is 6.92 Å². The van der Waals surface area contributed by atoms with Crippen LogP contribution < -0.4 is 0 Å². The normalized spacial score (nSPS) is 20.2. The first-order valence-electron chi connectivity index (χ1n) is 8.54. The number of rotatable bonds is 12. The molecule has 6 heteroatoms. The fourth-order valence-corrected chi connectivity index (χ4v) is 2.38. The van der Waals surface area contributed by atoms with Gasteiger partial charge in [-0.25, -0.2) is 0 Å². The first-order chi connectivity index (χ1) is 10.6. The summed E-state index contributed by atoms with van der Waals surface area (Å²) in [6.45, 7) is 9.15. The molecular formula is C16H34N2O4. The van der Waals surface area contributed by atoms with E-state index in [-0.39, 0.29) is 12.2 Å². The van der Waals surface area contributed by atoms with Gasteiger partial charge in [-0.3, -0.25) is 4.90 Å². The molecule has 2 unspecified atom stereocenters. The fourth-order valence-electron chi connectivity index (χ4n) is 2.38. The first-order valence-corrected chi connectivity index (χ1v) is 8.54. The lowest BCUT2D eigenvalue weighted by molar-refractivity contribution is 0.0142. The van der Waals surface area contributed by atoms with Gasteiger partial charge in [0.1, 0.15) is 0 Å². The van der Waals surface area contributed by atoms with Crippen LogP contribution in [-0.4, -0.2) is 98.4 Å². The third kappa shape index (κ3) is 9.71. The Hall–Kier alpha value is -0.240. The Bertz CT molecular complexity index is 261. The van der Waals surface area contributed by atoms with Crippen LogP contribution >= 0.6 is 0 Å². The minimum atomic E-state index is -0.316. The lowest BCUT2D eigenvalue weighted by atomic mass is 10.2. The molecule has 2 atom stereocenters. The molecule has 0 aromatic heterocycles. The predicted molar refractivity (Wildman–Crippen MR) is 87.1 cm³/mol. The van der Waals surface area contributed by atoms with Crippen molar-refractivity contribution in [3.63, 3.8) is 0 Å². The number of aliphatic hydroxyl groups is 2. The Morgan fingerprint density at radius 2 is 1.41 bits per heavy atom. The molecule has 6 nitrogen and oxygen atoms in total. The number of hydrogen-bond acceptors (Lipinski definition) is 6. The Morgan fingerprint density at radius 3 is 1.95 bits per heavy atom. The van der Waals surface area contributed by atoms with Crippen molar-refractivity contribution < 1.29 is 19.7 Å². The summed E-state index contributed by atoms with van der Waals surface area (Å²) in [5, 5.41) is 19.4. The molecule has 0 saturated carbocycles. The van der Waals surface area contributed by atoms with Crippen molar-refractivity contribution in [2.75, 3.05) is 66.2 Å². The fraction of sp³-hybridized carbons (Fsp3) is 1.00. The molecule has 2 N–H and O–H groups in total. The maximum absolute atomic E-state index is 10.0. The molecule has 0 spiro atoms. The molecular weight excluding hydrogens is 284 g/mol. The van der Waals surface area contributed by atoms with Gasteiger partial charge in [0.25, 0.3) is 0 Å². The van der Waals surface area contributed by atoms with E-state index in [0.29, 0.717) is 39.3 Å². The van der Waals surface area contributed by atoms with E-state index in [4.69, 9.17) is 9.47 Å². The molecule has 0 aromatic rings. The molecule has 0 amide bonds. The second kappa shape index (κ2) is 12.2. The van der Waals surface area contributed by atoms with Crippen molar-refractivity contribution in [1.29, 1.82) is 0 Å². The van der Waals surface area contributed by atoms with Crippen LogP contribution in [0.2, 0.25) is 0 Å². The van der Waals surface area contributed by atoms with Gasteiger partial charge >= 0.3 is 0 Å². The third-order valence-corrected chi connectivity index (χ3v) is 4.10. The number of ether oxygens (including phenoxy) is 2. The number of hydrogen-bond donors (Lipinski definition) is 2. The van der Waals surface area contributed by atoms with Crippen LogP contribution in [0, 0.1) is 0 Å². The molecule has 1 saturated heterocycles. The summed E-state index contributed by atoms with van der Waals surface area (Å²) in [4.78, 5) is 4.62. The summed E-state index contributed by atoms with van der Waals surface area (Å²) in [6, 6.07) is 0. The quantitative estimate of drug-likeness (QED) is 0.501. The molecule has 0 aromatic carbocycles. The molecule has 22 heavy (non-hydrogen) atoms. The smallest absolute Gasteiger partial charge is 0.0700 e. The predicted octanol–water partition coefficient (Wildman–Crippen LogP) is 0.179. The Morgan fingerprint density at radius 1 is 0.864 bits per heavy atom. The average Bonchev–Trinajstić information content (AvgIpc) is 2.51. The number of piperazine rings is 1. The second-order valence-corrected chi connectivity index (χ2v) is 6.12. The van der Waals surface area contributed by atoms with Gasteiger partial charge in [-0.05, 0) is 26.3 Å². The standard InChI is InChI=1S/C16H34N2O4/c1-3-15(19)4-10-21-12-13-22-11-5-16(20)14-18-8-6-17(2)7-9-18/h15-16,19-20H,3-14H2,1-2H3. The van der Waals surface area contributed by atoms with Crippen molar-refractivity contribution in [3.8, 4) is 0 Å². The van der Waals surface area contributed by atoms with Crippen LogP contribution in [0.4, 0.5) is 0 Å². The van der Waals surface area contributed by atoms with E-state index < -0.39 is 0 Å². The van der Waals surface area contributed by atoms with Crippen molar-refractivity contribution in [1.82, 2.24) is 9.80 Å². The minimum absolute atomic E-state index is 0.259. The maximum atomic E-state index is 10.0. The number of nitrogens with zero attached hydrogens (tertiary/aromatic N) is 2. The van der Waals surface area contributed by atoms with Gasteiger partial charge < -0.3 is 24.6 Å². The lowest BCUT2D eigenvalue weighted by Gasteiger charge is -2.33. The minimum Gasteiger partial charge on any atom is -0.393 e. The van der Waals surface area contributed by atoms with Crippen LogP contribution in [0.5, 0.6) is 0 Å². The molecule has 132 valence electrons. The van der Waals surface area contributed by atoms with Gasteiger partial charge in [0.2, 0.25) is 0 Å². The lowest BCUT2D eigenvalue weighted by Crippen LogP contribution is -2.47. The van der Waals surface area contributed by atoms with Crippen molar-refractivity contribution in [2.24, 2.45) is 0 Å². The summed E-state index contributed by atoms with van der Waals surface area (Å²) in [7, 11) is 2.13. The monoisotopic (exact) mass is 318 g/mol. The largest absolute Gasteiger partial charge is 0.393 e. The highest BCUT2D eigenvalue weighted by Gasteiger charge is 2.16. The van der Waals surface area contributed by atoms with Crippen molar-refractivity contribution in [3.05, 3.63) is 0 Å². The molecule has 1 aliphatic heterocycles. The summed E-state index contributed by atoms with van der Waals surface area (Å²) in [6.07, 6.45) is 1.54. The zero-order chi connectivity index (χ0) is 16.2. The number of likely N-dealkylation sites (N-methyl/N-ethyl adjacent to an activating group) is 1. The van der Waals surface area contributed by atoms with Crippen molar-refractivity contribution in [2.45, 2.75) is 38.4 Å². The molecule has 1 rings (SSSR count). The average molecular weight is 318 g/mol. The van der Waals surface area contributed by atoms with E-state index in [9.17, 15) is 10.2 Å². The van der Waals surface area contributed by atoms with E-state index in [0.717, 1.165) is 39.1 Å². The summed E-state index contributed by atoms with van der Waals surface area (Å²) in [5.74, 6) is 0. The van der Waals surface area contributed by atoms with Gasteiger partial charge in [0, 0.05) is 45.9 Å². The topological polar surface area (TPSA) is 65.4 Å². The molecule has 0 bridgehead atoms. The highest BCUT2D eigenvalue weighted by atomic mass is 16.5. The number of β-amino-alcohol motifs (C(OH)–C–C–N with tert-alkyl or cyclic N) is 1. The van der Waals surface area contributed by atoms with Gasteiger partial charge in [-0.2, -0.15) is 0 Å².